The van der Waals surface area contributed by atoms with Gasteiger partial charge in [-0.25, -0.2) is 15.0 Å². The predicted octanol–water partition coefficient (Wildman–Crippen LogP) is 3.99. The van der Waals surface area contributed by atoms with Gasteiger partial charge in [0.05, 0.1) is 11.7 Å². The highest BCUT2D eigenvalue weighted by molar-refractivity contribution is 7.11. The average molecular weight is 345 g/mol. The van der Waals surface area contributed by atoms with Crippen LogP contribution < -0.4 is 5.32 Å². The molecule has 0 aliphatic carbocycles. The maximum absolute atomic E-state index is 4.75. The zero-order valence-corrected chi connectivity index (χ0v) is 15.2. The van der Waals surface area contributed by atoms with Crippen LogP contribution in [0.1, 0.15) is 38.6 Å². The first-order valence-electron chi connectivity index (χ1n) is 7.57. The zero-order valence-electron chi connectivity index (χ0n) is 13.5. The summed E-state index contributed by atoms with van der Waals surface area (Å²) in [5.41, 5.74) is 3.56. The molecule has 120 valence electrons. The Labute approximate surface area is 144 Å². The molecule has 3 aromatic rings. The smallest absolute Gasteiger partial charge is 0.125 e. The van der Waals surface area contributed by atoms with Gasteiger partial charge in [-0.15, -0.1) is 11.3 Å². The fourth-order valence-electron chi connectivity index (χ4n) is 2.29. The van der Waals surface area contributed by atoms with Gasteiger partial charge in [0.2, 0.25) is 0 Å². The van der Waals surface area contributed by atoms with Crippen LogP contribution in [-0.2, 0) is 13.0 Å². The van der Waals surface area contributed by atoms with E-state index < -0.39 is 0 Å². The Hall–Kier alpha value is -1.63. The van der Waals surface area contributed by atoms with Gasteiger partial charge < -0.3 is 5.32 Å². The van der Waals surface area contributed by atoms with Crippen molar-refractivity contribution in [2.24, 2.45) is 0 Å². The number of hydrogen-bond donors (Lipinski definition) is 1. The Balaban J connectivity index is 1.75. The third kappa shape index (κ3) is 4.22. The maximum Gasteiger partial charge on any atom is 0.125 e. The molecule has 0 bridgehead atoms. The lowest BCUT2D eigenvalue weighted by Gasteiger charge is -2.16. The Morgan fingerprint density at radius 3 is 2.52 bits per heavy atom. The van der Waals surface area contributed by atoms with Crippen molar-refractivity contribution in [2.45, 2.75) is 39.8 Å². The molecule has 0 unspecified atom stereocenters. The van der Waals surface area contributed by atoms with Gasteiger partial charge in [0.15, 0.2) is 0 Å². The fraction of sp³-hybridized carbons (Fsp3) is 0.353. The average Bonchev–Trinajstić information content (AvgIpc) is 3.16. The van der Waals surface area contributed by atoms with Gasteiger partial charge in [0.1, 0.15) is 10.8 Å². The summed E-state index contributed by atoms with van der Waals surface area (Å²) in [6.45, 7) is 6.85. The summed E-state index contributed by atoms with van der Waals surface area (Å²) in [5.74, 6) is 0.801. The van der Waals surface area contributed by atoms with Crippen LogP contribution in [0, 0.1) is 20.8 Å². The third-order valence-electron chi connectivity index (χ3n) is 3.75. The number of nitrogens with one attached hydrogen (secondary N) is 1. The van der Waals surface area contributed by atoms with Crippen molar-refractivity contribution in [3.05, 3.63) is 61.8 Å². The molecule has 0 aliphatic heterocycles. The summed E-state index contributed by atoms with van der Waals surface area (Å²) < 4.78 is 0. The molecule has 3 aromatic heterocycles. The summed E-state index contributed by atoms with van der Waals surface area (Å²) >= 11 is 3.52. The van der Waals surface area contributed by atoms with Crippen LogP contribution in [0.5, 0.6) is 0 Å². The first-order chi connectivity index (χ1) is 11.1. The predicted molar refractivity (Wildman–Crippen MR) is 96.0 cm³/mol. The van der Waals surface area contributed by atoms with Gasteiger partial charge in [0.25, 0.3) is 0 Å². The molecule has 6 heteroatoms. The van der Waals surface area contributed by atoms with E-state index in [1.807, 2.05) is 19.3 Å². The van der Waals surface area contributed by atoms with Crippen LogP contribution in [0.3, 0.4) is 0 Å². The minimum Gasteiger partial charge on any atom is -0.303 e. The van der Waals surface area contributed by atoms with E-state index >= 15 is 0 Å². The molecule has 1 atom stereocenters. The van der Waals surface area contributed by atoms with E-state index in [9.17, 15) is 0 Å². The number of hydrogen-bond acceptors (Lipinski definition) is 6. The first kappa shape index (κ1) is 16.2. The maximum atomic E-state index is 4.75. The summed E-state index contributed by atoms with van der Waals surface area (Å²) in [6.07, 6.45) is 4.72. The van der Waals surface area contributed by atoms with E-state index in [-0.39, 0.29) is 6.04 Å². The Kier molecular flexibility index (Phi) is 5.15. The van der Waals surface area contributed by atoms with Crippen LogP contribution in [0.25, 0.3) is 0 Å². The van der Waals surface area contributed by atoms with E-state index in [2.05, 4.69) is 46.0 Å². The standard InChI is InChI=1S/C17H20N4S2/c1-11-12(2)23-17(21-11)16(6-14-4-5-22-10-14)20-9-15-7-18-13(3)19-8-15/h4-5,7-8,10,16,20H,6,9H2,1-3H3/t16-/m0/s1. The number of thiazole rings is 1. The van der Waals surface area contributed by atoms with E-state index in [0.717, 1.165) is 35.1 Å². The SMILES string of the molecule is Cc1ncc(CN[C@@H](Cc2ccsc2)c2nc(C)c(C)s2)cn1. The number of aromatic nitrogens is 3. The Morgan fingerprint density at radius 2 is 1.91 bits per heavy atom. The molecule has 0 amide bonds. The van der Waals surface area contributed by atoms with Gasteiger partial charge in [-0.2, -0.15) is 11.3 Å². The molecular formula is C17H20N4S2. The Morgan fingerprint density at radius 1 is 1.13 bits per heavy atom. The van der Waals surface area contributed by atoms with Gasteiger partial charge in [-0.05, 0) is 49.6 Å². The normalized spacial score (nSPS) is 12.5. The molecule has 23 heavy (non-hydrogen) atoms. The molecule has 3 rings (SSSR count). The van der Waals surface area contributed by atoms with Crippen molar-refractivity contribution in [3.8, 4) is 0 Å². The number of nitrogens with zero attached hydrogens (tertiary/aromatic N) is 3. The molecule has 0 saturated carbocycles. The van der Waals surface area contributed by atoms with Crippen molar-refractivity contribution >= 4 is 22.7 Å². The highest BCUT2D eigenvalue weighted by atomic mass is 32.1. The van der Waals surface area contributed by atoms with Crippen LogP contribution in [0.2, 0.25) is 0 Å². The van der Waals surface area contributed by atoms with Crippen molar-refractivity contribution < 1.29 is 0 Å². The van der Waals surface area contributed by atoms with Crippen LogP contribution in [0.15, 0.2) is 29.2 Å². The molecule has 0 aliphatic rings. The second kappa shape index (κ2) is 7.29. The van der Waals surface area contributed by atoms with Gasteiger partial charge in [-0.1, -0.05) is 0 Å². The highest BCUT2D eigenvalue weighted by Crippen LogP contribution is 2.26. The largest absolute Gasteiger partial charge is 0.303 e. The topological polar surface area (TPSA) is 50.7 Å². The second-order valence-corrected chi connectivity index (χ2v) is 7.62. The monoisotopic (exact) mass is 344 g/mol. The summed E-state index contributed by atoms with van der Waals surface area (Å²) in [4.78, 5) is 14.6. The molecule has 0 saturated heterocycles. The first-order valence-corrected chi connectivity index (χ1v) is 9.33. The Bertz CT molecular complexity index is 728. The lowest BCUT2D eigenvalue weighted by molar-refractivity contribution is 0.526. The van der Waals surface area contributed by atoms with Crippen molar-refractivity contribution in [3.63, 3.8) is 0 Å². The number of rotatable bonds is 6. The van der Waals surface area contributed by atoms with Crippen molar-refractivity contribution in [2.75, 3.05) is 0 Å². The van der Waals surface area contributed by atoms with Gasteiger partial charge in [0, 0.05) is 29.4 Å². The van der Waals surface area contributed by atoms with Gasteiger partial charge >= 0.3 is 0 Å². The molecule has 3 heterocycles. The van der Waals surface area contributed by atoms with Crippen LogP contribution >= 0.6 is 22.7 Å². The second-order valence-electron chi connectivity index (χ2n) is 5.60. The van der Waals surface area contributed by atoms with E-state index in [1.165, 1.54) is 10.4 Å². The minimum atomic E-state index is 0.211. The van der Waals surface area contributed by atoms with Gasteiger partial charge in [-0.3, -0.25) is 0 Å². The summed E-state index contributed by atoms with van der Waals surface area (Å²) in [6, 6.07) is 2.39. The molecule has 0 fully saturated rings. The number of aryl methyl sites for hydroxylation is 3. The quantitative estimate of drug-likeness (QED) is 0.734. The highest BCUT2D eigenvalue weighted by Gasteiger charge is 2.17. The zero-order chi connectivity index (χ0) is 16.2. The molecule has 0 spiro atoms. The molecule has 0 radical (unpaired) electrons. The van der Waals surface area contributed by atoms with Crippen molar-refractivity contribution in [1.29, 1.82) is 0 Å². The van der Waals surface area contributed by atoms with E-state index in [1.54, 1.807) is 22.7 Å². The number of thiophene rings is 1. The molecule has 0 aromatic carbocycles. The summed E-state index contributed by atoms with van der Waals surface area (Å²) in [5, 5.41) is 9.10. The lowest BCUT2D eigenvalue weighted by atomic mass is 10.1. The van der Waals surface area contributed by atoms with Crippen molar-refractivity contribution in [1.82, 2.24) is 20.3 Å². The molecule has 4 nitrogen and oxygen atoms in total. The minimum absolute atomic E-state index is 0.211. The van der Waals surface area contributed by atoms with E-state index in [0.29, 0.717) is 0 Å². The molecule has 1 N–H and O–H groups in total. The van der Waals surface area contributed by atoms with Crippen LogP contribution in [-0.4, -0.2) is 15.0 Å². The molecular weight excluding hydrogens is 324 g/mol. The van der Waals surface area contributed by atoms with E-state index in [4.69, 9.17) is 4.98 Å². The summed E-state index contributed by atoms with van der Waals surface area (Å²) in [7, 11) is 0. The third-order valence-corrected chi connectivity index (χ3v) is 5.67. The lowest BCUT2D eigenvalue weighted by Crippen LogP contribution is -2.23. The fourth-order valence-corrected chi connectivity index (χ4v) is 3.97. The van der Waals surface area contributed by atoms with Crippen LogP contribution in [0.4, 0.5) is 0 Å².